The Bertz CT molecular complexity index is 620. The number of ether oxygens (including phenoxy) is 1. The summed E-state index contributed by atoms with van der Waals surface area (Å²) < 4.78 is 4.85. The second-order valence-electron chi connectivity index (χ2n) is 11.5. The van der Waals surface area contributed by atoms with E-state index in [4.69, 9.17) is 4.74 Å². The van der Waals surface area contributed by atoms with Crippen LogP contribution < -0.4 is 0 Å². The summed E-state index contributed by atoms with van der Waals surface area (Å²) in [5.74, 6) is 3.36. The molecule has 29 heavy (non-hydrogen) atoms. The summed E-state index contributed by atoms with van der Waals surface area (Å²) in [6.07, 6.45) is 9.86. The average molecular weight is 407 g/mol. The van der Waals surface area contributed by atoms with Gasteiger partial charge in [-0.3, -0.25) is 4.79 Å². The molecule has 4 saturated carbocycles. The number of carbonyl (C=O) groups excluding carboxylic acids is 1. The molecule has 4 fully saturated rings. The van der Waals surface area contributed by atoms with Crippen LogP contribution in [0, 0.1) is 46.3 Å². The van der Waals surface area contributed by atoms with Crippen molar-refractivity contribution in [2.75, 3.05) is 7.11 Å². The molecule has 0 heterocycles. The maximum Gasteiger partial charge on any atom is 0.305 e. The Morgan fingerprint density at radius 3 is 2.55 bits per heavy atom. The van der Waals surface area contributed by atoms with Crippen molar-refractivity contribution >= 4 is 5.97 Å². The van der Waals surface area contributed by atoms with Crippen molar-refractivity contribution in [3.8, 4) is 0 Å². The van der Waals surface area contributed by atoms with Crippen molar-refractivity contribution < 1.29 is 19.7 Å². The topological polar surface area (TPSA) is 66.8 Å². The first-order valence-corrected chi connectivity index (χ1v) is 12.1. The third-order valence-corrected chi connectivity index (χ3v) is 10.5. The molecule has 2 N–H and O–H groups in total. The molecule has 0 bridgehead atoms. The second kappa shape index (κ2) is 7.82. The summed E-state index contributed by atoms with van der Waals surface area (Å²) in [5.41, 5.74) is 0.271. The van der Waals surface area contributed by atoms with E-state index in [9.17, 15) is 15.0 Å². The van der Waals surface area contributed by atoms with Crippen molar-refractivity contribution in [2.45, 2.75) is 97.2 Å². The zero-order valence-electron chi connectivity index (χ0n) is 18.9. The molecule has 4 aliphatic rings. The molecular formula is C25H42O4. The normalized spacial score (nSPS) is 50.2. The summed E-state index contributed by atoms with van der Waals surface area (Å²) in [5, 5.41) is 21.8. The standard InChI is InChI=1S/C25H42O4/c1-15(5-10-23(28)29-4)19-8-9-20-18-7-6-16-13-17(26)11-12-24(16,2)21(18)14-22(27)25(19,20)3/h15-22,26-27H,5-14H2,1-4H3/t15-,16-,17+,18+,19+,20-,21+,22-,24-,25+/m0/s1. The van der Waals surface area contributed by atoms with Gasteiger partial charge in [0.15, 0.2) is 0 Å². The van der Waals surface area contributed by atoms with Crippen molar-refractivity contribution in [3.63, 3.8) is 0 Å². The molecule has 0 aromatic carbocycles. The fraction of sp³-hybridized carbons (Fsp3) is 0.960. The fourth-order valence-electron chi connectivity index (χ4n) is 8.81. The zero-order chi connectivity index (χ0) is 21.0. The molecule has 0 saturated heterocycles. The van der Waals surface area contributed by atoms with Gasteiger partial charge in [0.1, 0.15) is 0 Å². The summed E-state index contributed by atoms with van der Waals surface area (Å²) in [7, 11) is 1.46. The minimum atomic E-state index is -0.246. The molecule has 10 atom stereocenters. The number of hydrogen-bond acceptors (Lipinski definition) is 4. The number of hydrogen-bond donors (Lipinski definition) is 2. The van der Waals surface area contributed by atoms with Crippen LogP contribution >= 0.6 is 0 Å². The van der Waals surface area contributed by atoms with Crippen molar-refractivity contribution in [1.82, 2.24) is 0 Å². The predicted molar refractivity (Wildman–Crippen MR) is 113 cm³/mol. The average Bonchev–Trinajstić information content (AvgIpc) is 3.06. The lowest BCUT2D eigenvalue weighted by atomic mass is 9.43. The van der Waals surface area contributed by atoms with Crippen LogP contribution in [-0.2, 0) is 9.53 Å². The molecule has 0 amide bonds. The summed E-state index contributed by atoms with van der Waals surface area (Å²) in [6, 6.07) is 0. The maximum absolute atomic E-state index is 11.6. The van der Waals surface area contributed by atoms with E-state index in [0.29, 0.717) is 41.4 Å². The van der Waals surface area contributed by atoms with Gasteiger partial charge in [0.2, 0.25) is 0 Å². The van der Waals surface area contributed by atoms with Gasteiger partial charge in [-0.2, -0.15) is 0 Å². The Morgan fingerprint density at radius 1 is 1.07 bits per heavy atom. The highest BCUT2D eigenvalue weighted by atomic mass is 16.5. The van der Waals surface area contributed by atoms with Crippen LogP contribution in [0.15, 0.2) is 0 Å². The number of rotatable bonds is 4. The summed E-state index contributed by atoms with van der Waals surface area (Å²) in [6.45, 7) is 7.12. The fourth-order valence-corrected chi connectivity index (χ4v) is 8.81. The van der Waals surface area contributed by atoms with E-state index >= 15 is 0 Å². The van der Waals surface area contributed by atoms with E-state index in [1.165, 1.54) is 32.8 Å². The van der Waals surface area contributed by atoms with Crippen molar-refractivity contribution in [3.05, 3.63) is 0 Å². The number of aliphatic hydroxyl groups is 2. The first-order valence-electron chi connectivity index (χ1n) is 12.1. The van der Waals surface area contributed by atoms with Crippen LogP contribution in [0.5, 0.6) is 0 Å². The van der Waals surface area contributed by atoms with Gasteiger partial charge in [0, 0.05) is 6.42 Å². The molecule has 0 aliphatic heterocycles. The van der Waals surface area contributed by atoms with Crippen molar-refractivity contribution in [1.29, 1.82) is 0 Å². The Kier molecular flexibility index (Phi) is 5.83. The Morgan fingerprint density at radius 2 is 1.83 bits per heavy atom. The smallest absolute Gasteiger partial charge is 0.305 e. The van der Waals surface area contributed by atoms with Crippen LogP contribution in [0.2, 0.25) is 0 Å². The number of aliphatic hydroxyl groups excluding tert-OH is 2. The first kappa shape index (κ1) is 21.6. The monoisotopic (exact) mass is 406 g/mol. The van der Waals surface area contributed by atoms with E-state index < -0.39 is 0 Å². The van der Waals surface area contributed by atoms with Crippen LogP contribution in [0.1, 0.15) is 85.0 Å². The highest BCUT2D eigenvalue weighted by molar-refractivity contribution is 5.69. The number of methoxy groups -OCH3 is 1. The maximum atomic E-state index is 11.6. The van der Waals surface area contributed by atoms with Gasteiger partial charge < -0.3 is 14.9 Å². The van der Waals surface area contributed by atoms with E-state index in [-0.39, 0.29) is 23.6 Å². The third kappa shape index (κ3) is 3.37. The number of fused-ring (bicyclic) bond motifs is 5. The number of esters is 1. The lowest BCUT2D eigenvalue weighted by molar-refractivity contribution is -0.175. The van der Waals surface area contributed by atoms with E-state index in [0.717, 1.165) is 38.0 Å². The minimum absolute atomic E-state index is 0.0198. The molecule has 166 valence electrons. The molecule has 4 heteroatoms. The Hall–Kier alpha value is -0.610. The summed E-state index contributed by atoms with van der Waals surface area (Å²) >= 11 is 0. The molecular weight excluding hydrogens is 364 g/mol. The molecule has 0 spiro atoms. The molecule has 4 aliphatic carbocycles. The lowest BCUT2D eigenvalue weighted by Gasteiger charge is -2.62. The third-order valence-electron chi connectivity index (χ3n) is 10.5. The molecule has 0 aromatic rings. The van der Waals surface area contributed by atoms with E-state index in [1.807, 2.05) is 0 Å². The van der Waals surface area contributed by atoms with Gasteiger partial charge in [-0.1, -0.05) is 20.8 Å². The highest BCUT2D eigenvalue weighted by Gasteiger charge is 2.63. The van der Waals surface area contributed by atoms with E-state index in [2.05, 4.69) is 20.8 Å². The molecule has 4 nitrogen and oxygen atoms in total. The van der Waals surface area contributed by atoms with Crippen LogP contribution in [0.3, 0.4) is 0 Å². The minimum Gasteiger partial charge on any atom is -0.469 e. The number of carbonyl (C=O) groups is 1. The summed E-state index contributed by atoms with van der Waals surface area (Å²) in [4.78, 5) is 11.6. The Labute approximate surface area is 176 Å². The van der Waals surface area contributed by atoms with Crippen LogP contribution in [0.4, 0.5) is 0 Å². The van der Waals surface area contributed by atoms with Gasteiger partial charge >= 0.3 is 5.97 Å². The highest BCUT2D eigenvalue weighted by Crippen LogP contribution is 2.68. The largest absolute Gasteiger partial charge is 0.469 e. The molecule has 0 aromatic heterocycles. The van der Waals surface area contributed by atoms with Gasteiger partial charge in [-0.25, -0.2) is 0 Å². The van der Waals surface area contributed by atoms with Gasteiger partial charge in [0.25, 0.3) is 0 Å². The first-order chi connectivity index (χ1) is 13.7. The Balaban J connectivity index is 1.53. The van der Waals surface area contributed by atoms with Crippen molar-refractivity contribution in [2.24, 2.45) is 46.3 Å². The van der Waals surface area contributed by atoms with Crippen LogP contribution in [-0.4, -0.2) is 35.5 Å². The molecule has 0 unspecified atom stereocenters. The SMILES string of the molecule is COC(=O)CC[C@H](C)[C@H]1CC[C@H]2[C@H]3CC[C@H]4C[C@H](O)CC[C@]4(C)[C@@H]3C[C@H](O)[C@]12C. The predicted octanol–water partition coefficient (Wildman–Crippen LogP) is 4.57. The van der Waals surface area contributed by atoms with Gasteiger partial charge in [-0.05, 0) is 104 Å². The second-order valence-corrected chi connectivity index (χ2v) is 11.5. The molecule has 0 radical (unpaired) electrons. The lowest BCUT2D eigenvalue weighted by Crippen LogP contribution is -2.58. The van der Waals surface area contributed by atoms with Crippen LogP contribution in [0.25, 0.3) is 0 Å². The zero-order valence-corrected chi connectivity index (χ0v) is 18.9. The van der Waals surface area contributed by atoms with Gasteiger partial charge in [0.05, 0.1) is 19.3 Å². The quantitative estimate of drug-likeness (QED) is 0.671. The van der Waals surface area contributed by atoms with E-state index in [1.54, 1.807) is 0 Å². The van der Waals surface area contributed by atoms with Gasteiger partial charge in [-0.15, -0.1) is 0 Å². The molecule has 4 rings (SSSR count).